The van der Waals surface area contributed by atoms with Crippen LogP contribution in [0.25, 0.3) is 0 Å². The van der Waals surface area contributed by atoms with E-state index in [1.165, 1.54) is 0 Å². The molecule has 0 radical (unpaired) electrons. The van der Waals surface area contributed by atoms with E-state index in [0.29, 0.717) is 11.4 Å². The zero-order valence-corrected chi connectivity index (χ0v) is 13.9. The Morgan fingerprint density at radius 1 is 1.33 bits per heavy atom. The second-order valence-electron chi connectivity index (χ2n) is 5.25. The summed E-state index contributed by atoms with van der Waals surface area (Å²) in [6.07, 6.45) is 0. The lowest BCUT2D eigenvalue weighted by Crippen LogP contribution is -2.14. The van der Waals surface area contributed by atoms with Crippen molar-refractivity contribution in [2.75, 3.05) is 11.1 Å². The van der Waals surface area contributed by atoms with Gasteiger partial charge in [-0.25, -0.2) is 4.98 Å². The van der Waals surface area contributed by atoms with Crippen LogP contribution in [0.2, 0.25) is 0 Å². The molecule has 0 spiro atoms. The molecule has 4 nitrogen and oxygen atoms in total. The Balaban J connectivity index is 2.30. The molecule has 0 saturated heterocycles. The van der Waals surface area contributed by atoms with Crippen LogP contribution in [0.1, 0.15) is 41.4 Å². The molecule has 0 aliphatic heterocycles. The average molecular weight is 348 g/mol. The van der Waals surface area contributed by atoms with Gasteiger partial charge >= 0.3 is 0 Å². The first kappa shape index (κ1) is 15.5. The maximum atomic E-state index is 12.4. The Hall–Kier alpha value is -1.88. The van der Waals surface area contributed by atoms with Gasteiger partial charge in [-0.15, -0.1) is 0 Å². The highest BCUT2D eigenvalue weighted by Crippen LogP contribution is 2.26. The molecular formula is C16H18BrN3O. The summed E-state index contributed by atoms with van der Waals surface area (Å²) in [4.78, 5) is 16.6. The molecule has 1 heterocycles. The van der Waals surface area contributed by atoms with Gasteiger partial charge in [-0.1, -0.05) is 26.0 Å². The molecule has 1 aromatic heterocycles. The number of halogens is 1. The topological polar surface area (TPSA) is 68.0 Å². The molecule has 0 aliphatic carbocycles. The van der Waals surface area contributed by atoms with Gasteiger partial charge in [0.1, 0.15) is 5.82 Å². The van der Waals surface area contributed by atoms with Gasteiger partial charge in [0, 0.05) is 15.7 Å². The Kier molecular flexibility index (Phi) is 4.63. The number of hydrogen-bond acceptors (Lipinski definition) is 3. The number of nitrogens with one attached hydrogen (secondary N) is 1. The molecule has 5 heteroatoms. The number of nitrogen functional groups attached to an aromatic ring is 1. The van der Waals surface area contributed by atoms with Gasteiger partial charge in [0.05, 0.1) is 5.69 Å². The second-order valence-corrected chi connectivity index (χ2v) is 6.04. The van der Waals surface area contributed by atoms with Crippen molar-refractivity contribution in [2.45, 2.75) is 26.7 Å². The first-order valence-corrected chi connectivity index (χ1v) is 7.51. The summed E-state index contributed by atoms with van der Waals surface area (Å²) < 4.78 is 0.879. The van der Waals surface area contributed by atoms with Crippen molar-refractivity contribution in [3.05, 3.63) is 51.6 Å². The highest BCUT2D eigenvalue weighted by atomic mass is 79.9. The highest BCUT2D eigenvalue weighted by molar-refractivity contribution is 9.10. The van der Waals surface area contributed by atoms with Crippen LogP contribution in [-0.4, -0.2) is 10.9 Å². The van der Waals surface area contributed by atoms with E-state index in [0.717, 1.165) is 21.4 Å². The molecule has 21 heavy (non-hydrogen) atoms. The van der Waals surface area contributed by atoms with Crippen LogP contribution in [0.5, 0.6) is 0 Å². The molecule has 0 bridgehead atoms. The molecule has 110 valence electrons. The number of rotatable bonds is 3. The van der Waals surface area contributed by atoms with Crippen LogP contribution in [0.15, 0.2) is 34.8 Å². The molecule has 0 unspecified atom stereocenters. The number of hydrogen-bond donors (Lipinski definition) is 2. The lowest BCUT2D eigenvalue weighted by Gasteiger charge is -2.11. The number of anilines is 2. The van der Waals surface area contributed by atoms with Crippen molar-refractivity contribution in [1.29, 1.82) is 0 Å². The van der Waals surface area contributed by atoms with E-state index in [1.807, 2.05) is 39.0 Å². The van der Waals surface area contributed by atoms with Crippen molar-refractivity contribution in [3.63, 3.8) is 0 Å². The minimum absolute atomic E-state index is 0.197. The zero-order chi connectivity index (χ0) is 15.6. The standard InChI is InChI=1S/C16H18BrN3O/c1-9(2)13-7-11(8-14(18)19-13)16(21)20-12-6-4-5-10(3)15(12)17/h4-9H,1-3H3,(H2,18,19)(H,20,21). The van der Waals surface area contributed by atoms with Crippen LogP contribution < -0.4 is 11.1 Å². The number of nitrogens with two attached hydrogens (primary N) is 1. The van der Waals surface area contributed by atoms with Gasteiger partial charge in [0.2, 0.25) is 0 Å². The third kappa shape index (κ3) is 3.61. The predicted octanol–water partition coefficient (Wildman–Crippen LogP) is 4.11. The molecule has 1 aromatic carbocycles. The fourth-order valence-electron chi connectivity index (χ4n) is 1.94. The number of pyridine rings is 1. The largest absolute Gasteiger partial charge is 0.384 e. The molecule has 2 rings (SSSR count). The third-order valence-corrected chi connectivity index (χ3v) is 4.21. The third-order valence-electron chi connectivity index (χ3n) is 3.16. The highest BCUT2D eigenvalue weighted by Gasteiger charge is 2.13. The number of nitrogens with zero attached hydrogens (tertiary/aromatic N) is 1. The number of aryl methyl sites for hydroxylation is 1. The van der Waals surface area contributed by atoms with E-state index >= 15 is 0 Å². The van der Waals surface area contributed by atoms with Gasteiger partial charge in [-0.3, -0.25) is 4.79 Å². The summed E-state index contributed by atoms with van der Waals surface area (Å²) in [5, 5.41) is 2.89. The van der Waals surface area contributed by atoms with E-state index < -0.39 is 0 Å². The van der Waals surface area contributed by atoms with Gasteiger partial charge in [-0.2, -0.15) is 0 Å². The number of carbonyl (C=O) groups is 1. The summed E-state index contributed by atoms with van der Waals surface area (Å²) >= 11 is 3.48. The molecule has 0 saturated carbocycles. The van der Waals surface area contributed by atoms with Crippen LogP contribution in [0.4, 0.5) is 11.5 Å². The molecule has 1 amide bonds. The second kappa shape index (κ2) is 6.26. The van der Waals surface area contributed by atoms with Gasteiger partial charge in [0.25, 0.3) is 5.91 Å². The van der Waals surface area contributed by atoms with E-state index in [9.17, 15) is 4.79 Å². The van der Waals surface area contributed by atoms with E-state index in [4.69, 9.17) is 5.73 Å². The fourth-order valence-corrected chi connectivity index (χ4v) is 2.30. The van der Waals surface area contributed by atoms with Crippen LogP contribution >= 0.6 is 15.9 Å². The Morgan fingerprint density at radius 2 is 2.05 bits per heavy atom. The molecule has 2 aromatic rings. The molecular weight excluding hydrogens is 330 g/mol. The van der Waals surface area contributed by atoms with Gasteiger partial charge in [0.15, 0.2) is 0 Å². The van der Waals surface area contributed by atoms with E-state index in [-0.39, 0.29) is 11.8 Å². The lowest BCUT2D eigenvalue weighted by atomic mass is 10.1. The molecule has 0 atom stereocenters. The van der Waals surface area contributed by atoms with E-state index in [2.05, 4.69) is 26.2 Å². The van der Waals surface area contributed by atoms with Crippen molar-refractivity contribution in [2.24, 2.45) is 0 Å². The maximum Gasteiger partial charge on any atom is 0.255 e. The van der Waals surface area contributed by atoms with Crippen molar-refractivity contribution >= 4 is 33.3 Å². The average Bonchev–Trinajstić information content (AvgIpc) is 2.43. The Morgan fingerprint density at radius 3 is 2.71 bits per heavy atom. The number of amides is 1. The summed E-state index contributed by atoms with van der Waals surface area (Å²) in [5.41, 5.74) is 8.90. The minimum Gasteiger partial charge on any atom is -0.384 e. The van der Waals surface area contributed by atoms with Gasteiger partial charge in [-0.05, 0) is 52.5 Å². The molecule has 3 N–H and O–H groups in total. The Bertz CT molecular complexity index is 683. The smallest absolute Gasteiger partial charge is 0.255 e. The van der Waals surface area contributed by atoms with E-state index in [1.54, 1.807) is 12.1 Å². The number of carbonyl (C=O) groups excluding carboxylic acids is 1. The molecule has 0 aliphatic rings. The predicted molar refractivity (Wildman–Crippen MR) is 89.6 cm³/mol. The summed E-state index contributed by atoms with van der Waals surface area (Å²) in [6.45, 7) is 6.00. The van der Waals surface area contributed by atoms with Crippen molar-refractivity contribution < 1.29 is 4.79 Å². The van der Waals surface area contributed by atoms with Crippen molar-refractivity contribution in [1.82, 2.24) is 4.98 Å². The van der Waals surface area contributed by atoms with Gasteiger partial charge < -0.3 is 11.1 Å². The first-order chi connectivity index (χ1) is 9.88. The van der Waals surface area contributed by atoms with Crippen molar-refractivity contribution in [3.8, 4) is 0 Å². The molecule has 0 fully saturated rings. The zero-order valence-electron chi connectivity index (χ0n) is 12.3. The summed E-state index contributed by atoms with van der Waals surface area (Å²) in [5.74, 6) is 0.373. The maximum absolute atomic E-state index is 12.4. The SMILES string of the molecule is Cc1cccc(NC(=O)c2cc(N)nc(C(C)C)c2)c1Br. The monoisotopic (exact) mass is 347 g/mol. The number of aromatic nitrogens is 1. The number of benzene rings is 1. The quantitative estimate of drug-likeness (QED) is 0.877. The summed E-state index contributed by atoms with van der Waals surface area (Å²) in [7, 11) is 0. The normalized spacial score (nSPS) is 10.7. The van der Waals surface area contributed by atoms with Crippen LogP contribution in [0, 0.1) is 6.92 Å². The Labute approximate surface area is 132 Å². The van der Waals surface area contributed by atoms with Crippen LogP contribution in [0.3, 0.4) is 0 Å². The summed E-state index contributed by atoms with van der Waals surface area (Å²) in [6, 6.07) is 9.09. The van der Waals surface area contributed by atoms with Crippen LogP contribution in [-0.2, 0) is 0 Å². The lowest BCUT2D eigenvalue weighted by molar-refractivity contribution is 0.102. The fraction of sp³-hybridized carbons (Fsp3) is 0.250. The first-order valence-electron chi connectivity index (χ1n) is 6.72. The minimum atomic E-state index is -0.197.